The number of unbranched alkanes of at least 4 members (excludes halogenated alkanes) is 6. The molecule has 0 saturated heterocycles. The summed E-state index contributed by atoms with van der Waals surface area (Å²) in [5, 5.41) is 20.4. The third-order valence-corrected chi connectivity index (χ3v) is 4.18. The smallest absolute Gasteiger partial charge is 0.121 e. The Hall–Kier alpha value is -0.750. The van der Waals surface area contributed by atoms with Crippen molar-refractivity contribution in [2.75, 3.05) is 6.26 Å². The van der Waals surface area contributed by atoms with E-state index in [1.54, 1.807) is 6.26 Å². The van der Waals surface area contributed by atoms with E-state index >= 15 is 0 Å². The van der Waals surface area contributed by atoms with Gasteiger partial charge in [0.25, 0.3) is 0 Å². The molecule has 1 rings (SSSR count). The monoisotopic (exact) mass is 358 g/mol. The maximum absolute atomic E-state index is 9.91. The van der Waals surface area contributed by atoms with E-state index in [0.717, 1.165) is 36.0 Å². The van der Waals surface area contributed by atoms with Crippen molar-refractivity contribution < 1.29 is 19.7 Å². The molecule has 5 heteroatoms. The topological polar surface area (TPSA) is 58.9 Å². The summed E-state index contributed by atoms with van der Waals surface area (Å²) in [4.78, 5) is 0. The van der Waals surface area contributed by atoms with Gasteiger partial charge in [-0.05, 0) is 42.9 Å². The van der Waals surface area contributed by atoms with E-state index in [9.17, 15) is 5.11 Å². The molecular formula is C19H34O4S. The van der Waals surface area contributed by atoms with Gasteiger partial charge < -0.3 is 5.11 Å². The van der Waals surface area contributed by atoms with Crippen LogP contribution in [-0.4, -0.2) is 16.6 Å². The Balaban J connectivity index is 0.000000922. The average Bonchev–Trinajstić information content (AvgIpc) is 2.58. The Bertz CT molecular complexity index is 422. The summed E-state index contributed by atoms with van der Waals surface area (Å²) in [7, 11) is 0. The van der Waals surface area contributed by atoms with Crippen LogP contribution in [0, 0.1) is 6.92 Å². The summed E-state index contributed by atoms with van der Waals surface area (Å²) in [6, 6.07) is 4.32. The van der Waals surface area contributed by atoms with Gasteiger partial charge in [-0.3, -0.25) is 0 Å². The van der Waals surface area contributed by atoms with Crippen molar-refractivity contribution in [3.8, 4) is 5.75 Å². The predicted molar refractivity (Wildman–Crippen MR) is 102 cm³/mol. The summed E-state index contributed by atoms with van der Waals surface area (Å²) in [6.45, 7) is 6.37. The second-order valence-electron chi connectivity index (χ2n) is 5.95. The number of aryl methyl sites for hydroxylation is 3. The van der Waals surface area contributed by atoms with E-state index in [-0.39, 0.29) is 0 Å². The second-order valence-corrected chi connectivity index (χ2v) is 6.42. The molecule has 0 atom stereocenters. The molecule has 140 valence electrons. The highest BCUT2D eigenvalue weighted by Crippen LogP contribution is 2.25. The summed E-state index contributed by atoms with van der Waals surface area (Å²) < 4.78 is 3.81. The van der Waals surface area contributed by atoms with Crippen LogP contribution >= 0.6 is 12.0 Å². The average molecular weight is 359 g/mol. The second kappa shape index (κ2) is 15.8. The third kappa shape index (κ3) is 10.9. The largest absolute Gasteiger partial charge is 0.507 e. The number of phenolic OH excluding ortho intramolecular Hbond substituents is 1. The molecule has 0 unspecified atom stereocenters. The lowest BCUT2D eigenvalue weighted by Gasteiger charge is -2.09. The molecule has 0 heterocycles. The fraction of sp³-hybridized carbons (Fsp3) is 0.684. The molecule has 0 aromatic heterocycles. The van der Waals surface area contributed by atoms with Gasteiger partial charge >= 0.3 is 0 Å². The maximum Gasteiger partial charge on any atom is 0.121 e. The Kier molecular flexibility index (Phi) is 15.3. The maximum atomic E-state index is 9.91. The van der Waals surface area contributed by atoms with Gasteiger partial charge in [-0.2, -0.15) is 0 Å². The highest BCUT2D eigenvalue weighted by Gasteiger charge is 2.05. The quantitative estimate of drug-likeness (QED) is 0.212. The first-order valence-corrected chi connectivity index (χ1v) is 10.1. The van der Waals surface area contributed by atoms with Crippen LogP contribution in [0.25, 0.3) is 0 Å². The van der Waals surface area contributed by atoms with Gasteiger partial charge in [-0.25, -0.2) is 5.26 Å². The molecule has 0 aliphatic rings. The number of hydrogen-bond acceptors (Lipinski definition) is 5. The molecule has 2 N–H and O–H groups in total. The number of rotatable bonds is 11. The van der Waals surface area contributed by atoms with Crippen LogP contribution in [0.2, 0.25) is 0 Å². The Morgan fingerprint density at radius 1 is 1.00 bits per heavy atom. The molecule has 0 radical (unpaired) electrons. The van der Waals surface area contributed by atoms with Gasteiger partial charge in [-0.15, -0.1) is 4.33 Å². The molecule has 0 saturated carbocycles. The van der Waals surface area contributed by atoms with Crippen molar-refractivity contribution >= 4 is 12.0 Å². The molecule has 24 heavy (non-hydrogen) atoms. The zero-order valence-corrected chi connectivity index (χ0v) is 16.5. The van der Waals surface area contributed by atoms with E-state index in [2.05, 4.69) is 35.4 Å². The lowest BCUT2D eigenvalue weighted by molar-refractivity contribution is -0.432. The van der Waals surface area contributed by atoms with Crippen LogP contribution in [0.4, 0.5) is 0 Å². The van der Waals surface area contributed by atoms with Crippen molar-refractivity contribution in [2.45, 2.75) is 78.6 Å². The van der Waals surface area contributed by atoms with Crippen LogP contribution in [0.1, 0.15) is 75.5 Å². The Labute approximate surface area is 151 Å². The molecule has 0 aliphatic heterocycles. The standard InChI is InChI=1S/C18H30O.CH4O3S/c1-4-6-7-8-9-10-11-12-16-13-15(3)18(19)17(5-2)14-16;1-5-4-3-2/h13-14,19H,4-12H2,1-3H3;2H,1H3. The first kappa shape index (κ1) is 23.2. The molecule has 0 amide bonds. The fourth-order valence-electron chi connectivity index (χ4n) is 2.66. The lowest BCUT2D eigenvalue weighted by atomic mass is 9.98. The van der Waals surface area contributed by atoms with Crippen molar-refractivity contribution in [1.29, 1.82) is 0 Å². The van der Waals surface area contributed by atoms with Gasteiger partial charge in [0.05, 0.1) is 0 Å². The van der Waals surface area contributed by atoms with Crippen LogP contribution in [0.15, 0.2) is 12.1 Å². The van der Waals surface area contributed by atoms with Gasteiger partial charge in [-0.1, -0.05) is 69.5 Å². The van der Waals surface area contributed by atoms with Crippen molar-refractivity contribution in [1.82, 2.24) is 0 Å². The van der Waals surface area contributed by atoms with Gasteiger partial charge in [0.1, 0.15) is 5.75 Å². The highest BCUT2D eigenvalue weighted by atomic mass is 32.2. The van der Waals surface area contributed by atoms with Crippen LogP contribution in [0.5, 0.6) is 5.75 Å². The van der Waals surface area contributed by atoms with E-state index in [1.165, 1.54) is 50.5 Å². The highest BCUT2D eigenvalue weighted by molar-refractivity contribution is 7.93. The van der Waals surface area contributed by atoms with E-state index < -0.39 is 0 Å². The summed E-state index contributed by atoms with van der Waals surface area (Å²) >= 11 is 0.929. The number of hydrogen-bond donors (Lipinski definition) is 2. The molecule has 0 aliphatic carbocycles. The first-order valence-electron chi connectivity index (χ1n) is 8.92. The number of aromatic hydroxyl groups is 1. The minimum atomic E-state index is 0.491. The zero-order valence-electron chi connectivity index (χ0n) is 15.6. The SMILES string of the molecule is CCCCCCCCCc1cc(C)c(O)c(CC)c1.CSOOO. The van der Waals surface area contributed by atoms with Gasteiger partial charge in [0.15, 0.2) is 0 Å². The molecule has 0 fully saturated rings. The van der Waals surface area contributed by atoms with E-state index in [4.69, 9.17) is 5.26 Å². The van der Waals surface area contributed by atoms with E-state index in [1.807, 2.05) is 6.92 Å². The molecule has 0 bridgehead atoms. The minimum absolute atomic E-state index is 0.491. The van der Waals surface area contributed by atoms with Gasteiger partial charge in [0.2, 0.25) is 0 Å². The summed E-state index contributed by atoms with van der Waals surface area (Å²) in [6.07, 6.45) is 13.2. The molecule has 0 spiro atoms. The number of phenols is 1. The predicted octanol–water partition coefficient (Wildman–Crippen LogP) is 6.24. The molecule has 1 aromatic carbocycles. The zero-order chi connectivity index (χ0) is 18.2. The number of benzene rings is 1. The van der Waals surface area contributed by atoms with Crippen LogP contribution < -0.4 is 0 Å². The Morgan fingerprint density at radius 2 is 1.62 bits per heavy atom. The first-order chi connectivity index (χ1) is 11.6. The van der Waals surface area contributed by atoms with Crippen LogP contribution in [0.3, 0.4) is 0 Å². The third-order valence-electron chi connectivity index (χ3n) is 3.99. The summed E-state index contributed by atoms with van der Waals surface area (Å²) in [5.41, 5.74) is 3.51. The fourth-order valence-corrected chi connectivity index (χ4v) is 2.72. The molecule has 4 nitrogen and oxygen atoms in total. The lowest BCUT2D eigenvalue weighted by Crippen LogP contribution is -1.92. The van der Waals surface area contributed by atoms with Crippen molar-refractivity contribution in [3.63, 3.8) is 0 Å². The summed E-state index contributed by atoms with van der Waals surface area (Å²) in [5.74, 6) is 0.491. The van der Waals surface area contributed by atoms with Crippen molar-refractivity contribution in [2.24, 2.45) is 0 Å². The normalized spacial score (nSPS) is 10.4. The van der Waals surface area contributed by atoms with Crippen LogP contribution in [-0.2, 0) is 22.2 Å². The molecule has 1 aromatic rings. The van der Waals surface area contributed by atoms with Crippen molar-refractivity contribution in [3.05, 3.63) is 28.8 Å². The minimum Gasteiger partial charge on any atom is -0.507 e. The van der Waals surface area contributed by atoms with Gasteiger partial charge in [0, 0.05) is 18.3 Å². The van der Waals surface area contributed by atoms with E-state index in [0.29, 0.717) is 5.75 Å². The Morgan fingerprint density at radius 3 is 2.12 bits per heavy atom. The molecular weight excluding hydrogens is 324 g/mol.